The first-order valence-electron chi connectivity index (χ1n) is 14.5. The standard InChI is InChI=1S/C31H42N4O6/c1-31(2,3)41-30(37)35-13-10-22(11-14-35)38-15-16-39-27(20-5-6-20)19-40-26-8-7-21(32)17-24(26)25-18-34(4)29(36)28-23(25)9-12-33-28/h7-9,12,17-18,20,22,27,33H,5-6,10-11,13-16,19,32H2,1-4H3. The van der Waals surface area contributed by atoms with Crippen LogP contribution in [0.2, 0.25) is 0 Å². The van der Waals surface area contributed by atoms with Crippen molar-refractivity contribution in [2.24, 2.45) is 13.0 Å². The Morgan fingerprint density at radius 1 is 1.10 bits per heavy atom. The Kier molecular flexibility index (Phi) is 8.60. The van der Waals surface area contributed by atoms with Crippen LogP contribution in [0.3, 0.4) is 0 Å². The molecule has 10 nitrogen and oxygen atoms in total. The third-order valence-corrected chi connectivity index (χ3v) is 7.60. The van der Waals surface area contributed by atoms with E-state index in [1.807, 2.05) is 51.2 Å². The average Bonchev–Trinajstić information content (AvgIpc) is 3.65. The van der Waals surface area contributed by atoms with Gasteiger partial charge in [-0.05, 0) is 76.6 Å². The minimum absolute atomic E-state index is 0.0366. The number of nitrogens with two attached hydrogens (primary N) is 1. The maximum absolute atomic E-state index is 12.6. The lowest BCUT2D eigenvalue weighted by molar-refractivity contribution is -0.0552. The van der Waals surface area contributed by atoms with E-state index in [0.29, 0.717) is 55.8 Å². The van der Waals surface area contributed by atoms with Gasteiger partial charge in [-0.3, -0.25) is 4.79 Å². The highest BCUT2D eigenvalue weighted by Crippen LogP contribution is 2.38. The molecule has 1 saturated heterocycles. The number of nitrogen functional groups attached to an aromatic ring is 1. The molecule has 0 radical (unpaired) electrons. The summed E-state index contributed by atoms with van der Waals surface area (Å²) >= 11 is 0. The molecular weight excluding hydrogens is 524 g/mol. The molecule has 1 aliphatic heterocycles. The van der Waals surface area contributed by atoms with E-state index in [4.69, 9.17) is 24.7 Å². The molecule has 1 aromatic carbocycles. The number of pyridine rings is 1. The monoisotopic (exact) mass is 566 g/mol. The number of piperidine rings is 1. The summed E-state index contributed by atoms with van der Waals surface area (Å²) in [5.74, 6) is 1.17. The van der Waals surface area contributed by atoms with Crippen molar-refractivity contribution in [1.29, 1.82) is 0 Å². The van der Waals surface area contributed by atoms with Crippen molar-refractivity contribution < 1.29 is 23.7 Å². The largest absolute Gasteiger partial charge is 0.490 e. The molecule has 2 aliphatic rings. The summed E-state index contributed by atoms with van der Waals surface area (Å²) in [6.45, 7) is 8.29. The number of aromatic nitrogens is 2. The zero-order chi connectivity index (χ0) is 29.1. The van der Waals surface area contributed by atoms with Crippen molar-refractivity contribution in [3.8, 4) is 16.9 Å². The summed E-state index contributed by atoms with van der Waals surface area (Å²) in [5, 5.41) is 0.826. The van der Waals surface area contributed by atoms with Crippen molar-refractivity contribution in [2.45, 2.75) is 64.3 Å². The normalized spacial score (nSPS) is 17.1. The minimum Gasteiger partial charge on any atom is -0.490 e. The molecule has 10 heteroatoms. The number of nitrogens with zero attached hydrogens (tertiary/aromatic N) is 2. The van der Waals surface area contributed by atoms with Crippen molar-refractivity contribution in [1.82, 2.24) is 14.5 Å². The number of hydrogen-bond donors (Lipinski definition) is 2. The first kappa shape index (κ1) is 29.0. The summed E-state index contributed by atoms with van der Waals surface area (Å²) in [5.41, 5.74) is 8.46. The first-order valence-corrected chi connectivity index (χ1v) is 14.5. The average molecular weight is 567 g/mol. The zero-order valence-corrected chi connectivity index (χ0v) is 24.5. The van der Waals surface area contributed by atoms with Gasteiger partial charge in [-0.2, -0.15) is 0 Å². The lowest BCUT2D eigenvalue weighted by Gasteiger charge is -2.33. The zero-order valence-electron chi connectivity index (χ0n) is 24.5. The molecule has 2 fully saturated rings. The van der Waals surface area contributed by atoms with Crippen LogP contribution in [-0.2, 0) is 21.3 Å². The Hall–Kier alpha value is -3.50. The molecule has 1 amide bonds. The van der Waals surface area contributed by atoms with Crippen LogP contribution in [0, 0.1) is 5.92 Å². The van der Waals surface area contributed by atoms with Gasteiger partial charge in [0, 0.05) is 54.7 Å². The second-order valence-electron chi connectivity index (χ2n) is 12.1. The van der Waals surface area contributed by atoms with E-state index >= 15 is 0 Å². The number of likely N-dealkylation sites (tertiary alicyclic amines) is 1. The highest BCUT2D eigenvalue weighted by Gasteiger charge is 2.33. The molecule has 1 aliphatic carbocycles. The van der Waals surface area contributed by atoms with E-state index in [2.05, 4.69) is 4.98 Å². The van der Waals surface area contributed by atoms with Gasteiger partial charge in [0.25, 0.3) is 5.56 Å². The van der Waals surface area contributed by atoms with Crippen LogP contribution in [-0.4, -0.2) is 71.3 Å². The third-order valence-electron chi connectivity index (χ3n) is 7.60. The van der Waals surface area contributed by atoms with Gasteiger partial charge in [0.05, 0.1) is 25.4 Å². The Balaban J connectivity index is 1.14. The van der Waals surface area contributed by atoms with E-state index < -0.39 is 5.60 Å². The lowest BCUT2D eigenvalue weighted by atomic mass is 10.0. The van der Waals surface area contributed by atoms with Crippen LogP contribution in [0.5, 0.6) is 5.75 Å². The Labute approximate surface area is 240 Å². The predicted octanol–water partition coefficient (Wildman–Crippen LogP) is 4.71. The van der Waals surface area contributed by atoms with Gasteiger partial charge >= 0.3 is 6.09 Å². The quantitative estimate of drug-likeness (QED) is 0.269. The molecule has 3 aromatic rings. The van der Waals surface area contributed by atoms with Crippen molar-refractivity contribution in [3.05, 3.63) is 47.0 Å². The number of ether oxygens (including phenoxy) is 4. The summed E-state index contributed by atoms with van der Waals surface area (Å²) in [7, 11) is 1.74. The minimum atomic E-state index is -0.491. The third kappa shape index (κ3) is 7.23. The number of aryl methyl sites for hydroxylation is 1. The molecule has 3 N–H and O–H groups in total. The smallest absolute Gasteiger partial charge is 0.410 e. The SMILES string of the molecule is Cn1cc(-c2cc(N)ccc2OCC(OCCOC2CCN(C(=O)OC(C)(C)C)CC2)C2CC2)c2cc[nH]c2c1=O. The van der Waals surface area contributed by atoms with E-state index in [0.717, 1.165) is 42.2 Å². The number of H-pyrrole nitrogens is 1. The molecule has 222 valence electrons. The van der Waals surface area contributed by atoms with Crippen LogP contribution in [0.1, 0.15) is 46.5 Å². The number of amides is 1. The maximum atomic E-state index is 12.6. The molecule has 2 aromatic heterocycles. The van der Waals surface area contributed by atoms with Crippen molar-refractivity contribution >= 4 is 22.7 Å². The van der Waals surface area contributed by atoms with Gasteiger partial charge in [0.2, 0.25) is 0 Å². The number of rotatable bonds is 10. The highest BCUT2D eigenvalue weighted by atomic mass is 16.6. The van der Waals surface area contributed by atoms with Crippen LogP contribution in [0.25, 0.3) is 22.0 Å². The molecule has 41 heavy (non-hydrogen) atoms. The van der Waals surface area contributed by atoms with Crippen molar-refractivity contribution in [3.63, 3.8) is 0 Å². The van der Waals surface area contributed by atoms with Gasteiger partial charge in [0.1, 0.15) is 23.5 Å². The molecule has 0 bridgehead atoms. The van der Waals surface area contributed by atoms with Crippen molar-refractivity contribution in [2.75, 3.05) is 38.6 Å². The molecule has 3 heterocycles. The molecule has 1 saturated carbocycles. The number of hydrogen-bond acceptors (Lipinski definition) is 7. The number of fused-ring (bicyclic) bond motifs is 1. The van der Waals surface area contributed by atoms with Gasteiger partial charge < -0.3 is 39.1 Å². The predicted molar refractivity (Wildman–Crippen MR) is 158 cm³/mol. The number of aromatic amines is 1. The number of carbonyl (C=O) groups is 1. The van der Waals surface area contributed by atoms with E-state index in [1.165, 1.54) is 0 Å². The number of anilines is 1. The number of benzene rings is 1. The van der Waals surface area contributed by atoms with Gasteiger partial charge in [-0.25, -0.2) is 4.79 Å². The number of nitrogens with one attached hydrogen (secondary N) is 1. The van der Waals surface area contributed by atoms with Crippen LogP contribution < -0.4 is 16.0 Å². The van der Waals surface area contributed by atoms with Gasteiger partial charge in [0.15, 0.2) is 0 Å². The van der Waals surface area contributed by atoms with Gasteiger partial charge in [-0.1, -0.05) is 0 Å². The number of carbonyl (C=O) groups excluding carboxylic acids is 1. The lowest BCUT2D eigenvalue weighted by Crippen LogP contribution is -2.43. The van der Waals surface area contributed by atoms with Crippen LogP contribution >= 0.6 is 0 Å². The Morgan fingerprint density at radius 2 is 1.85 bits per heavy atom. The highest BCUT2D eigenvalue weighted by molar-refractivity contribution is 5.96. The van der Waals surface area contributed by atoms with E-state index in [-0.39, 0.29) is 23.9 Å². The maximum Gasteiger partial charge on any atom is 0.410 e. The summed E-state index contributed by atoms with van der Waals surface area (Å²) < 4.78 is 25.7. The van der Waals surface area contributed by atoms with E-state index in [1.54, 1.807) is 22.7 Å². The fraction of sp³-hybridized carbons (Fsp3) is 0.548. The Bertz CT molecular complexity index is 1410. The van der Waals surface area contributed by atoms with Crippen LogP contribution in [0.4, 0.5) is 10.5 Å². The first-order chi connectivity index (χ1) is 19.6. The Morgan fingerprint density at radius 3 is 2.56 bits per heavy atom. The molecule has 5 rings (SSSR count). The molecule has 0 spiro atoms. The fourth-order valence-corrected chi connectivity index (χ4v) is 5.27. The summed E-state index contributed by atoms with van der Waals surface area (Å²) in [6.07, 6.45) is 7.22. The van der Waals surface area contributed by atoms with Crippen LogP contribution in [0.15, 0.2) is 41.5 Å². The fourth-order valence-electron chi connectivity index (χ4n) is 5.27. The second-order valence-corrected chi connectivity index (χ2v) is 12.1. The molecule has 1 unspecified atom stereocenters. The molecular formula is C31H42N4O6. The molecule has 1 atom stereocenters. The summed E-state index contributed by atoms with van der Waals surface area (Å²) in [6, 6.07) is 7.49. The van der Waals surface area contributed by atoms with Gasteiger partial charge in [-0.15, -0.1) is 0 Å². The van der Waals surface area contributed by atoms with E-state index in [9.17, 15) is 9.59 Å². The topological polar surface area (TPSA) is 121 Å². The second kappa shape index (κ2) is 12.2. The summed E-state index contributed by atoms with van der Waals surface area (Å²) in [4.78, 5) is 29.7.